The molecule has 1 fully saturated rings. The third-order valence-electron chi connectivity index (χ3n) is 7.51. The molecule has 9 nitrogen and oxygen atoms in total. The minimum absolute atomic E-state index is 0.0201. The van der Waals surface area contributed by atoms with E-state index < -0.39 is 21.5 Å². The zero-order chi connectivity index (χ0) is 29.4. The maximum absolute atomic E-state index is 13.8. The first-order valence-electron chi connectivity index (χ1n) is 13.3. The van der Waals surface area contributed by atoms with Gasteiger partial charge in [-0.25, -0.2) is 8.60 Å². The monoisotopic (exact) mass is 584 g/mol. The van der Waals surface area contributed by atoms with Crippen molar-refractivity contribution in [2.45, 2.75) is 16.3 Å². The summed E-state index contributed by atoms with van der Waals surface area (Å²) in [5, 5.41) is 11.0. The SMILES string of the molecule is O=C(c1ccc2c(c1)N(Cc1ccc(F)cc1)C(=O)c1ccccc1[S@@]2=O)N1CCN(c2ccc([N+](=O)[O-])cc2)CC1. The normalized spacial score (nSPS) is 16.5. The van der Waals surface area contributed by atoms with E-state index in [0.29, 0.717) is 58.3 Å². The van der Waals surface area contributed by atoms with Crippen LogP contribution < -0.4 is 9.80 Å². The summed E-state index contributed by atoms with van der Waals surface area (Å²) in [4.78, 5) is 44.0. The first-order valence-corrected chi connectivity index (χ1v) is 14.4. The third-order valence-corrected chi connectivity index (χ3v) is 9.01. The summed E-state index contributed by atoms with van der Waals surface area (Å²) in [6.07, 6.45) is 0. The van der Waals surface area contributed by atoms with Crippen molar-refractivity contribution in [3.05, 3.63) is 124 Å². The molecule has 1 saturated heterocycles. The number of nitro groups is 1. The smallest absolute Gasteiger partial charge is 0.269 e. The van der Waals surface area contributed by atoms with Crippen LogP contribution >= 0.6 is 0 Å². The molecule has 0 N–H and O–H groups in total. The standard InChI is InChI=1S/C31H25FN4O5S/c32-23-8-5-21(6-9-23)20-35-27-19-22(7-14-29(27)42(41)28-4-2-1-3-26(28)31(35)38)30(37)34-17-15-33(16-18-34)24-10-12-25(13-11-24)36(39)40/h1-14,19H,15-18,20H2/t42-/m0/s1. The molecule has 42 heavy (non-hydrogen) atoms. The van der Waals surface area contributed by atoms with E-state index in [1.54, 1.807) is 71.6 Å². The number of fused-ring (bicyclic) bond motifs is 2. The Kier molecular flexibility index (Phi) is 7.26. The first-order chi connectivity index (χ1) is 20.3. The highest BCUT2D eigenvalue weighted by molar-refractivity contribution is 7.85. The van der Waals surface area contributed by atoms with Crippen molar-refractivity contribution in [3.8, 4) is 0 Å². The van der Waals surface area contributed by atoms with Crippen LogP contribution in [0.5, 0.6) is 0 Å². The molecule has 212 valence electrons. The summed E-state index contributed by atoms with van der Waals surface area (Å²) in [5.41, 5.74) is 2.58. The number of rotatable bonds is 5. The maximum Gasteiger partial charge on any atom is 0.269 e. The molecule has 0 aromatic heterocycles. The van der Waals surface area contributed by atoms with E-state index in [1.807, 2.05) is 0 Å². The Morgan fingerprint density at radius 1 is 0.881 bits per heavy atom. The topological polar surface area (TPSA) is 104 Å². The van der Waals surface area contributed by atoms with Gasteiger partial charge in [0.2, 0.25) is 0 Å². The zero-order valence-corrected chi connectivity index (χ0v) is 23.1. The lowest BCUT2D eigenvalue weighted by atomic mass is 10.1. The van der Waals surface area contributed by atoms with Gasteiger partial charge < -0.3 is 14.7 Å². The molecule has 1 atom stereocenters. The number of carbonyl (C=O) groups excluding carboxylic acids is 2. The van der Waals surface area contributed by atoms with E-state index in [-0.39, 0.29) is 24.0 Å². The summed E-state index contributed by atoms with van der Waals surface area (Å²) in [6, 6.07) is 23.8. The number of amides is 2. The second-order valence-electron chi connectivity index (χ2n) is 10.0. The molecule has 11 heteroatoms. The number of halogens is 1. The summed E-state index contributed by atoms with van der Waals surface area (Å²) in [5.74, 6) is -0.972. The molecule has 2 amide bonds. The van der Waals surface area contributed by atoms with Gasteiger partial charge in [-0.05, 0) is 60.2 Å². The van der Waals surface area contributed by atoms with Gasteiger partial charge in [0.25, 0.3) is 17.5 Å². The van der Waals surface area contributed by atoms with Crippen molar-refractivity contribution in [3.63, 3.8) is 0 Å². The number of anilines is 2. The van der Waals surface area contributed by atoms with Crippen LogP contribution in [0.2, 0.25) is 0 Å². The van der Waals surface area contributed by atoms with Crippen LogP contribution in [0.4, 0.5) is 21.5 Å². The number of benzene rings is 4. The van der Waals surface area contributed by atoms with Gasteiger partial charge in [0.05, 0.1) is 43.3 Å². The number of nitrogens with zero attached hydrogens (tertiary/aromatic N) is 4. The average Bonchev–Trinajstić information content (AvgIpc) is 3.11. The fourth-order valence-corrected chi connectivity index (χ4v) is 6.61. The lowest BCUT2D eigenvalue weighted by Gasteiger charge is -2.36. The molecular formula is C31H25FN4O5S. The van der Waals surface area contributed by atoms with Crippen LogP contribution in [-0.4, -0.2) is 52.0 Å². The molecule has 0 bridgehead atoms. The van der Waals surface area contributed by atoms with Crippen LogP contribution in [0, 0.1) is 15.9 Å². The summed E-state index contributed by atoms with van der Waals surface area (Å²) >= 11 is 0. The lowest BCUT2D eigenvalue weighted by Crippen LogP contribution is -2.48. The van der Waals surface area contributed by atoms with Gasteiger partial charge in [-0.3, -0.25) is 19.7 Å². The number of non-ortho nitro benzene ring substituents is 1. The molecule has 0 radical (unpaired) electrons. The van der Waals surface area contributed by atoms with E-state index >= 15 is 0 Å². The van der Waals surface area contributed by atoms with Crippen LogP contribution in [0.1, 0.15) is 26.3 Å². The Bertz CT molecular complexity index is 1720. The minimum Gasteiger partial charge on any atom is -0.368 e. The van der Waals surface area contributed by atoms with Crippen molar-refractivity contribution in [1.82, 2.24) is 4.90 Å². The number of hydrogen-bond donors (Lipinski definition) is 0. The molecule has 4 aromatic carbocycles. The Morgan fingerprint density at radius 3 is 2.26 bits per heavy atom. The van der Waals surface area contributed by atoms with Gasteiger partial charge in [0, 0.05) is 49.6 Å². The molecule has 2 heterocycles. The van der Waals surface area contributed by atoms with Crippen LogP contribution in [0.15, 0.2) is 101 Å². The quantitative estimate of drug-likeness (QED) is 0.241. The highest BCUT2D eigenvalue weighted by atomic mass is 32.2. The summed E-state index contributed by atoms with van der Waals surface area (Å²) in [6.45, 7) is 2.06. The highest BCUT2D eigenvalue weighted by Crippen LogP contribution is 2.36. The molecule has 2 aliphatic rings. The fourth-order valence-electron chi connectivity index (χ4n) is 5.26. The summed E-state index contributed by atoms with van der Waals surface area (Å²) < 4.78 is 27.3. The van der Waals surface area contributed by atoms with Gasteiger partial charge in [-0.1, -0.05) is 24.3 Å². The molecule has 6 rings (SSSR count). The molecule has 0 saturated carbocycles. The van der Waals surface area contributed by atoms with Gasteiger partial charge in [-0.2, -0.15) is 0 Å². The van der Waals surface area contributed by atoms with Crippen molar-refractivity contribution >= 4 is 39.7 Å². The third kappa shape index (κ3) is 5.14. The molecule has 0 spiro atoms. The molecular weight excluding hydrogens is 559 g/mol. The predicted molar refractivity (Wildman–Crippen MR) is 156 cm³/mol. The van der Waals surface area contributed by atoms with Gasteiger partial charge in [-0.15, -0.1) is 0 Å². The molecule has 4 aromatic rings. The van der Waals surface area contributed by atoms with Crippen molar-refractivity contribution in [1.29, 1.82) is 0 Å². The fraction of sp³-hybridized carbons (Fsp3) is 0.161. The summed E-state index contributed by atoms with van der Waals surface area (Å²) in [7, 11) is -1.66. The highest BCUT2D eigenvalue weighted by Gasteiger charge is 2.32. The number of nitro benzene ring substituents is 1. The second kappa shape index (κ2) is 11.2. The maximum atomic E-state index is 13.8. The van der Waals surface area contributed by atoms with Crippen LogP contribution in [0.3, 0.4) is 0 Å². The van der Waals surface area contributed by atoms with Gasteiger partial charge in [0.15, 0.2) is 0 Å². The Morgan fingerprint density at radius 2 is 1.57 bits per heavy atom. The lowest BCUT2D eigenvalue weighted by molar-refractivity contribution is -0.384. The van der Waals surface area contributed by atoms with Crippen molar-refractivity contribution < 1.29 is 23.1 Å². The number of carbonyl (C=O) groups is 2. The van der Waals surface area contributed by atoms with Crippen molar-refractivity contribution in [2.24, 2.45) is 0 Å². The van der Waals surface area contributed by atoms with E-state index in [2.05, 4.69) is 4.90 Å². The van der Waals surface area contributed by atoms with Gasteiger partial charge in [0.1, 0.15) is 5.82 Å². The Balaban J connectivity index is 1.28. The minimum atomic E-state index is -1.66. The predicted octanol–water partition coefficient (Wildman–Crippen LogP) is 5.02. The Labute approximate surface area is 243 Å². The van der Waals surface area contributed by atoms with E-state index in [9.17, 15) is 28.3 Å². The van der Waals surface area contributed by atoms with E-state index in [4.69, 9.17) is 0 Å². The molecule has 2 aliphatic heterocycles. The van der Waals surface area contributed by atoms with Gasteiger partial charge >= 0.3 is 0 Å². The average molecular weight is 585 g/mol. The largest absolute Gasteiger partial charge is 0.368 e. The van der Waals surface area contributed by atoms with Crippen LogP contribution in [0.25, 0.3) is 0 Å². The van der Waals surface area contributed by atoms with E-state index in [0.717, 1.165) is 5.69 Å². The number of piperazine rings is 1. The Hall–Kier alpha value is -4.90. The van der Waals surface area contributed by atoms with Crippen molar-refractivity contribution in [2.75, 3.05) is 36.0 Å². The first kappa shape index (κ1) is 27.3. The molecule has 0 aliphatic carbocycles. The number of hydrogen-bond acceptors (Lipinski definition) is 6. The zero-order valence-electron chi connectivity index (χ0n) is 22.3. The van der Waals surface area contributed by atoms with Crippen LogP contribution in [-0.2, 0) is 17.3 Å². The second-order valence-corrected chi connectivity index (χ2v) is 11.4. The van der Waals surface area contributed by atoms with E-state index in [1.165, 1.54) is 29.2 Å². The molecule has 0 unspecified atom stereocenters.